The highest BCUT2D eigenvalue weighted by atomic mass is 32.2. The lowest BCUT2D eigenvalue weighted by atomic mass is 10.3. The summed E-state index contributed by atoms with van der Waals surface area (Å²) in [5.74, 6) is 0.587. The number of hydrogen-bond donors (Lipinski definition) is 1. The van der Waals surface area contributed by atoms with E-state index in [2.05, 4.69) is 10.2 Å². The van der Waals surface area contributed by atoms with E-state index in [9.17, 15) is 4.79 Å². The third-order valence-electron chi connectivity index (χ3n) is 2.74. The molecule has 0 bridgehead atoms. The van der Waals surface area contributed by atoms with Crippen molar-refractivity contribution in [1.82, 2.24) is 19.2 Å². The van der Waals surface area contributed by atoms with Crippen molar-refractivity contribution in [3.8, 4) is 0 Å². The van der Waals surface area contributed by atoms with E-state index in [1.54, 1.807) is 0 Å². The predicted octanol–water partition coefficient (Wildman–Crippen LogP) is 0.798. The highest BCUT2D eigenvalue weighted by Gasteiger charge is 2.14. The molecule has 1 aromatic carbocycles. The molecule has 7 heteroatoms. The van der Waals surface area contributed by atoms with Crippen LogP contribution in [0.2, 0.25) is 0 Å². The van der Waals surface area contributed by atoms with Gasteiger partial charge < -0.3 is 10.3 Å². The molecule has 2 heterocycles. The van der Waals surface area contributed by atoms with Crippen molar-refractivity contribution in [3.05, 3.63) is 24.3 Å². The Balaban J connectivity index is 2.22. The largest absolute Gasteiger partial charge is 0.369 e. The molecule has 0 radical (unpaired) electrons. The van der Waals surface area contributed by atoms with Crippen LogP contribution in [0.4, 0.5) is 0 Å². The molecule has 0 unspecified atom stereocenters. The molecular formula is C11H11N5OS. The van der Waals surface area contributed by atoms with Crippen LogP contribution in [0, 0.1) is 0 Å². The lowest BCUT2D eigenvalue weighted by Gasteiger charge is -1.96. The van der Waals surface area contributed by atoms with Crippen LogP contribution in [0.3, 0.4) is 0 Å². The minimum atomic E-state index is -0.364. The molecule has 0 spiro atoms. The van der Waals surface area contributed by atoms with E-state index >= 15 is 0 Å². The third-order valence-corrected chi connectivity index (χ3v) is 3.70. The molecule has 18 heavy (non-hydrogen) atoms. The molecule has 2 aromatic heterocycles. The van der Waals surface area contributed by atoms with Gasteiger partial charge in [0, 0.05) is 7.05 Å². The molecule has 0 aliphatic heterocycles. The van der Waals surface area contributed by atoms with Crippen LogP contribution >= 0.6 is 11.8 Å². The monoisotopic (exact) mass is 261 g/mol. The number of primary amides is 1. The third kappa shape index (κ3) is 1.55. The Morgan fingerprint density at radius 1 is 1.33 bits per heavy atom. The van der Waals surface area contributed by atoms with Crippen molar-refractivity contribution in [2.45, 2.75) is 5.16 Å². The number of imidazole rings is 1. The fraction of sp³-hybridized carbons (Fsp3) is 0.182. The number of fused-ring (bicyclic) bond motifs is 3. The van der Waals surface area contributed by atoms with Crippen molar-refractivity contribution in [2.24, 2.45) is 12.8 Å². The van der Waals surface area contributed by atoms with E-state index < -0.39 is 0 Å². The molecule has 1 amide bonds. The maximum absolute atomic E-state index is 10.8. The van der Waals surface area contributed by atoms with Crippen molar-refractivity contribution in [1.29, 1.82) is 0 Å². The van der Waals surface area contributed by atoms with Gasteiger partial charge in [-0.3, -0.25) is 9.20 Å². The summed E-state index contributed by atoms with van der Waals surface area (Å²) in [6.45, 7) is 0. The number of benzene rings is 1. The smallest absolute Gasteiger partial charge is 0.236 e. The van der Waals surface area contributed by atoms with Gasteiger partial charge in [-0.15, -0.1) is 10.2 Å². The quantitative estimate of drug-likeness (QED) is 0.707. The molecule has 0 saturated carbocycles. The maximum Gasteiger partial charge on any atom is 0.236 e. The second-order valence-corrected chi connectivity index (χ2v) is 4.86. The Bertz CT molecular complexity index is 744. The Hall–Kier alpha value is -2.02. The van der Waals surface area contributed by atoms with E-state index in [0.29, 0.717) is 5.16 Å². The number of thioether (sulfide) groups is 1. The van der Waals surface area contributed by atoms with Gasteiger partial charge in [0.2, 0.25) is 11.7 Å². The first-order valence-electron chi connectivity index (χ1n) is 5.38. The molecule has 3 aromatic rings. The number of hydrogen-bond acceptors (Lipinski definition) is 4. The van der Waals surface area contributed by atoms with Crippen LogP contribution in [0.5, 0.6) is 0 Å². The molecular weight excluding hydrogens is 250 g/mol. The lowest BCUT2D eigenvalue weighted by molar-refractivity contribution is -0.115. The molecule has 3 rings (SSSR count). The number of amides is 1. The number of nitrogens with zero attached hydrogens (tertiary/aromatic N) is 4. The molecule has 6 nitrogen and oxygen atoms in total. The van der Waals surface area contributed by atoms with Gasteiger partial charge >= 0.3 is 0 Å². The van der Waals surface area contributed by atoms with Gasteiger partial charge in [-0.2, -0.15) is 0 Å². The molecule has 0 atom stereocenters. The number of aromatic nitrogens is 4. The Kier molecular flexibility index (Phi) is 2.48. The number of aryl methyl sites for hydroxylation is 1. The second-order valence-electron chi connectivity index (χ2n) is 3.92. The van der Waals surface area contributed by atoms with Gasteiger partial charge in [0.05, 0.1) is 16.8 Å². The van der Waals surface area contributed by atoms with Crippen molar-refractivity contribution in [2.75, 3.05) is 5.75 Å². The standard InChI is InChI=1S/C11H11N5OS/c1-15-7-4-2-3-5-8(7)16-10(15)13-14-11(16)18-6-9(12)17/h2-5H,6H2,1H3,(H2,12,17). The number of carbonyl (C=O) groups is 1. The minimum absolute atomic E-state index is 0.198. The van der Waals surface area contributed by atoms with Crippen LogP contribution in [-0.4, -0.2) is 30.8 Å². The van der Waals surface area contributed by atoms with Crippen molar-refractivity contribution >= 4 is 34.5 Å². The first kappa shape index (κ1) is 11.1. The van der Waals surface area contributed by atoms with E-state index in [0.717, 1.165) is 16.8 Å². The SMILES string of the molecule is Cn1c2ccccc2n2c(SCC(N)=O)nnc12. The van der Waals surface area contributed by atoms with Gasteiger partial charge in [-0.1, -0.05) is 23.9 Å². The topological polar surface area (TPSA) is 78.2 Å². The summed E-state index contributed by atoms with van der Waals surface area (Å²) in [5, 5.41) is 8.90. The normalized spacial score (nSPS) is 11.4. The molecule has 92 valence electrons. The zero-order valence-corrected chi connectivity index (χ0v) is 10.5. The average Bonchev–Trinajstić information content (AvgIpc) is 2.89. The van der Waals surface area contributed by atoms with E-state index in [4.69, 9.17) is 5.73 Å². The van der Waals surface area contributed by atoms with E-state index in [1.165, 1.54) is 11.8 Å². The van der Waals surface area contributed by atoms with Crippen LogP contribution in [0.15, 0.2) is 29.4 Å². The molecule has 0 fully saturated rings. The Labute approximate surface area is 107 Å². The number of nitrogens with two attached hydrogens (primary N) is 1. The van der Waals surface area contributed by atoms with Crippen molar-refractivity contribution < 1.29 is 4.79 Å². The summed E-state index contributed by atoms with van der Waals surface area (Å²) in [5.41, 5.74) is 7.24. The summed E-state index contributed by atoms with van der Waals surface area (Å²) in [4.78, 5) is 10.8. The molecule has 0 aliphatic rings. The van der Waals surface area contributed by atoms with Gasteiger partial charge in [0.1, 0.15) is 0 Å². The molecule has 0 saturated heterocycles. The zero-order valence-electron chi connectivity index (χ0n) is 9.70. The summed E-state index contributed by atoms with van der Waals surface area (Å²) < 4.78 is 3.90. The van der Waals surface area contributed by atoms with E-state index in [1.807, 2.05) is 40.3 Å². The predicted molar refractivity (Wildman–Crippen MR) is 69.4 cm³/mol. The number of carbonyl (C=O) groups excluding carboxylic acids is 1. The summed E-state index contributed by atoms with van der Waals surface area (Å²) >= 11 is 1.29. The maximum atomic E-state index is 10.8. The number of para-hydroxylation sites is 2. The molecule has 2 N–H and O–H groups in total. The fourth-order valence-corrected chi connectivity index (χ4v) is 2.64. The minimum Gasteiger partial charge on any atom is -0.369 e. The first-order chi connectivity index (χ1) is 8.68. The highest BCUT2D eigenvalue weighted by molar-refractivity contribution is 7.99. The number of rotatable bonds is 3. The van der Waals surface area contributed by atoms with Gasteiger partial charge in [-0.05, 0) is 12.1 Å². The fourth-order valence-electron chi connectivity index (χ4n) is 1.96. The van der Waals surface area contributed by atoms with Crippen molar-refractivity contribution in [3.63, 3.8) is 0 Å². The Morgan fingerprint density at radius 2 is 2.06 bits per heavy atom. The zero-order chi connectivity index (χ0) is 12.7. The summed E-state index contributed by atoms with van der Waals surface area (Å²) in [7, 11) is 1.94. The van der Waals surface area contributed by atoms with Crippen LogP contribution < -0.4 is 5.73 Å². The van der Waals surface area contributed by atoms with Crippen LogP contribution in [0.25, 0.3) is 16.8 Å². The van der Waals surface area contributed by atoms with Gasteiger partial charge in [0.25, 0.3) is 0 Å². The van der Waals surface area contributed by atoms with Gasteiger partial charge in [0.15, 0.2) is 5.16 Å². The van der Waals surface area contributed by atoms with Gasteiger partial charge in [-0.25, -0.2) is 0 Å². The van der Waals surface area contributed by atoms with E-state index in [-0.39, 0.29) is 11.7 Å². The summed E-state index contributed by atoms with van der Waals surface area (Å²) in [6.07, 6.45) is 0. The van der Waals surface area contributed by atoms with Crippen LogP contribution in [-0.2, 0) is 11.8 Å². The Morgan fingerprint density at radius 3 is 2.78 bits per heavy atom. The average molecular weight is 261 g/mol. The molecule has 0 aliphatic carbocycles. The van der Waals surface area contributed by atoms with Crippen LogP contribution in [0.1, 0.15) is 0 Å². The first-order valence-corrected chi connectivity index (χ1v) is 6.36. The highest BCUT2D eigenvalue weighted by Crippen LogP contribution is 2.24. The lowest BCUT2D eigenvalue weighted by Crippen LogP contribution is -2.13. The summed E-state index contributed by atoms with van der Waals surface area (Å²) in [6, 6.07) is 7.96. The second kappa shape index (κ2) is 4.02.